The molecule has 9 heteroatoms. The summed E-state index contributed by atoms with van der Waals surface area (Å²) in [6.07, 6.45) is 2.57. The second-order valence-electron chi connectivity index (χ2n) is 8.43. The highest BCUT2D eigenvalue weighted by Crippen LogP contribution is 2.26. The van der Waals surface area contributed by atoms with E-state index in [0.717, 1.165) is 36.1 Å². The van der Waals surface area contributed by atoms with Crippen molar-refractivity contribution in [2.45, 2.75) is 51.3 Å². The molecule has 34 heavy (non-hydrogen) atoms. The van der Waals surface area contributed by atoms with E-state index in [2.05, 4.69) is 10.6 Å². The van der Waals surface area contributed by atoms with Gasteiger partial charge in [-0.05, 0) is 43.5 Å². The highest BCUT2D eigenvalue weighted by Gasteiger charge is 2.36. The summed E-state index contributed by atoms with van der Waals surface area (Å²) < 4.78 is 5.17. The van der Waals surface area contributed by atoms with Crippen LogP contribution in [0.15, 0.2) is 48.5 Å². The van der Waals surface area contributed by atoms with Gasteiger partial charge in [0.25, 0.3) is 17.7 Å². The molecule has 4 rings (SSSR count). The SMILES string of the molecule is CC(OC(=O)c1ccc2c(c1)C(=O)N(Cc1ccccc1)C2=O)C(=O)NC(=O)NC1CCCC1. The lowest BCUT2D eigenvalue weighted by Crippen LogP contribution is -2.47. The van der Waals surface area contributed by atoms with E-state index in [-0.39, 0.29) is 29.3 Å². The molecule has 2 aromatic rings. The lowest BCUT2D eigenvalue weighted by molar-refractivity contribution is -0.127. The number of nitrogens with one attached hydrogen (secondary N) is 2. The fraction of sp³-hybridized carbons (Fsp3) is 0.320. The number of fused-ring (bicyclic) bond motifs is 1. The summed E-state index contributed by atoms with van der Waals surface area (Å²) in [6, 6.07) is 12.6. The average molecular weight is 463 g/mol. The first kappa shape index (κ1) is 23.2. The molecule has 0 saturated heterocycles. The largest absolute Gasteiger partial charge is 0.449 e. The minimum atomic E-state index is -1.23. The Bertz CT molecular complexity index is 1140. The van der Waals surface area contributed by atoms with E-state index in [1.54, 1.807) is 0 Å². The van der Waals surface area contributed by atoms with Crippen LogP contribution in [-0.2, 0) is 16.1 Å². The third-order valence-corrected chi connectivity index (χ3v) is 5.97. The number of hydrogen-bond donors (Lipinski definition) is 2. The van der Waals surface area contributed by atoms with Gasteiger partial charge in [-0.15, -0.1) is 0 Å². The molecule has 1 unspecified atom stereocenters. The van der Waals surface area contributed by atoms with Crippen LogP contribution in [0.2, 0.25) is 0 Å². The Balaban J connectivity index is 1.37. The van der Waals surface area contributed by atoms with Gasteiger partial charge in [0.05, 0.1) is 23.2 Å². The van der Waals surface area contributed by atoms with Gasteiger partial charge < -0.3 is 10.1 Å². The number of ether oxygens (including phenoxy) is 1. The van der Waals surface area contributed by atoms with E-state index in [9.17, 15) is 24.0 Å². The third kappa shape index (κ3) is 4.98. The summed E-state index contributed by atoms with van der Waals surface area (Å²) >= 11 is 0. The van der Waals surface area contributed by atoms with Crippen LogP contribution in [-0.4, -0.2) is 46.8 Å². The zero-order valence-corrected chi connectivity index (χ0v) is 18.7. The van der Waals surface area contributed by atoms with Crippen LogP contribution in [0.25, 0.3) is 0 Å². The fourth-order valence-corrected chi connectivity index (χ4v) is 4.11. The Labute approximate surface area is 196 Å². The monoisotopic (exact) mass is 463 g/mol. The first-order valence-electron chi connectivity index (χ1n) is 11.2. The second kappa shape index (κ2) is 9.86. The summed E-state index contributed by atoms with van der Waals surface area (Å²) in [5, 5.41) is 4.90. The molecule has 1 atom stereocenters. The predicted molar refractivity (Wildman–Crippen MR) is 121 cm³/mol. The highest BCUT2D eigenvalue weighted by molar-refractivity contribution is 6.21. The minimum Gasteiger partial charge on any atom is -0.449 e. The molecule has 0 spiro atoms. The number of carbonyl (C=O) groups excluding carboxylic acids is 5. The van der Waals surface area contributed by atoms with Crippen molar-refractivity contribution < 1.29 is 28.7 Å². The molecule has 2 aliphatic rings. The molecule has 176 valence electrons. The summed E-state index contributed by atoms with van der Waals surface area (Å²) in [6.45, 7) is 1.47. The summed E-state index contributed by atoms with van der Waals surface area (Å²) in [5.41, 5.74) is 1.13. The normalized spacial score (nSPS) is 16.2. The molecule has 1 heterocycles. The van der Waals surface area contributed by atoms with Gasteiger partial charge in [0.1, 0.15) is 0 Å². The molecule has 1 aliphatic heterocycles. The molecular weight excluding hydrogens is 438 g/mol. The van der Waals surface area contributed by atoms with E-state index in [1.165, 1.54) is 25.1 Å². The van der Waals surface area contributed by atoms with Gasteiger partial charge in [-0.3, -0.25) is 24.6 Å². The molecule has 0 radical (unpaired) electrons. The van der Waals surface area contributed by atoms with Crippen molar-refractivity contribution in [3.8, 4) is 0 Å². The van der Waals surface area contributed by atoms with Gasteiger partial charge >= 0.3 is 12.0 Å². The number of esters is 1. The van der Waals surface area contributed by atoms with Gasteiger partial charge in [0.15, 0.2) is 6.10 Å². The Morgan fingerprint density at radius 3 is 2.38 bits per heavy atom. The van der Waals surface area contributed by atoms with Crippen molar-refractivity contribution in [2.24, 2.45) is 0 Å². The van der Waals surface area contributed by atoms with E-state index in [0.29, 0.717) is 0 Å². The predicted octanol–water partition coefficient (Wildman–Crippen LogP) is 2.80. The summed E-state index contributed by atoms with van der Waals surface area (Å²) in [7, 11) is 0. The van der Waals surface area contributed by atoms with Crippen LogP contribution in [0.1, 0.15) is 69.2 Å². The van der Waals surface area contributed by atoms with Crippen molar-refractivity contribution in [1.82, 2.24) is 15.5 Å². The topological polar surface area (TPSA) is 122 Å². The Kier molecular flexibility index (Phi) is 6.72. The van der Waals surface area contributed by atoms with E-state index >= 15 is 0 Å². The second-order valence-corrected chi connectivity index (χ2v) is 8.43. The molecule has 0 aromatic heterocycles. The molecular formula is C25H25N3O6. The maximum Gasteiger partial charge on any atom is 0.338 e. The lowest BCUT2D eigenvalue weighted by atomic mass is 10.1. The van der Waals surface area contributed by atoms with Crippen molar-refractivity contribution in [2.75, 3.05) is 0 Å². The van der Waals surface area contributed by atoms with E-state index in [1.807, 2.05) is 30.3 Å². The number of urea groups is 1. The molecule has 1 saturated carbocycles. The third-order valence-electron chi connectivity index (χ3n) is 5.97. The first-order valence-corrected chi connectivity index (χ1v) is 11.2. The van der Waals surface area contributed by atoms with Gasteiger partial charge in [0, 0.05) is 6.04 Å². The molecule has 9 nitrogen and oxygen atoms in total. The molecule has 1 aliphatic carbocycles. The van der Waals surface area contributed by atoms with Crippen molar-refractivity contribution in [3.63, 3.8) is 0 Å². The van der Waals surface area contributed by atoms with Gasteiger partial charge in [-0.2, -0.15) is 0 Å². The minimum absolute atomic E-state index is 0.0246. The summed E-state index contributed by atoms with van der Waals surface area (Å²) in [4.78, 5) is 63.4. The molecule has 1 fully saturated rings. The maximum atomic E-state index is 12.8. The number of imide groups is 2. The molecule has 5 amide bonds. The van der Waals surface area contributed by atoms with Gasteiger partial charge in [0.2, 0.25) is 0 Å². The number of amides is 5. The number of hydrogen-bond acceptors (Lipinski definition) is 6. The van der Waals surface area contributed by atoms with Crippen LogP contribution in [0, 0.1) is 0 Å². The Morgan fingerprint density at radius 1 is 1.00 bits per heavy atom. The zero-order chi connectivity index (χ0) is 24.2. The van der Waals surface area contributed by atoms with Crippen LogP contribution in [0.5, 0.6) is 0 Å². The number of rotatable bonds is 6. The number of carbonyl (C=O) groups is 5. The Morgan fingerprint density at radius 2 is 1.68 bits per heavy atom. The van der Waals surface area contributed by atoms with Crippen LogP contribution < -0.4 is 10.6 Å². The van der Waals surface area contributed by atoms with Crippen LogP contribution in [0.3, 0.4) is 0 Å². The van der Waals surface area contributed by atoms with E-state index < -0.39 is 35.8 Å². The van der Waals surface area contributed by atoms with Crippen molar-refractivity contribution in [3.05, 3.63) is 70.8 Å². The maximum absolute atomic E-state index is 12.8. The molecule has 2 N–H and O–H groups in total. The summed E-state index contributed by atoms with van der Waals surface area (Å²) in [5.74, 6) is -2.55. The fourth-order valence-electron chi connectivity index (χ4n) is 4.11. The van der Waals surface area contributed by atoms with Crippen LogP contribution in [0.4, 0.5) is 4.79 Å². The molecule has 0 bridgehead atoms. The standard InChI is InChI=1S/C25H25N3O6/c1-15(21(29)27-25(33)26-18-9-5-6-10-18)34-24(32)17-11-12-19-20(13-17)23(31)28(22(19)30)14-16-7-3-2-4-8-16/h2-4,7-8,11-13,15,18H,5-6,9-10,14H2,1H3,(H2,26,27,29,33). The first-order chi connectivity index (χ1) is 16.3. The van der Waals surface area contributed by atoms with Crippen molar-refractivity contribution >= 4 is 29.7 Å². The Hall–Kier alpha value is -4.01. The van der Waals surface area contributed by atoms with Gasteiger partial charge in [-0.1, -0.05) is 43.2 Å². The quantitative estimate of drug-likeness (QED) is 0.502. The average Bonchev–Trinajstić information content (AvgIpc) is 3.42. The van der Waals surface area contributed by atoms with Gasteiger partial charge in [-0.25, -0.2) is 9.59 Å². The lowest BCUT2D eigenvalue weighted by Gasteiger charge is -2.15. The smallest absolute Gasteiger partial charge is 0.338 e. The van der Waals surface area contributed by atoms with E-state index in [4.69, 9.17) is 4.74 Å². The number of nitrogens with zero attached hydrogens (tertiary/aromatic N) is 1. The van der Waals surface area contributed by atoms with Crippen molar-refractivity contribution in [1.29, 1.82) is 0 Å². The molecule has 2 aromatic carbocycles. The highest BCUT2D eigenvalue weighted by atomic mass is 16.5. The van der Waals surface area contributed by atoms with Crippen LogP contribution >= 0.6 is 0 Å². The zero-order valence-electron chi connectivity index (χ0n) is 18.7. The number of benzene rings is 2.